The molecular weight excluding hydrogens is 515 g/mol. The van der Waals surface area contributed by atoms with Crippen LogP contribution in [0.1, 0.15) is 32.6 Å². The van der Waals surface area contributed by atoms with E-state index in [1.807, 2.05) is 25.9 Å². The molecule has 0 radical (unpaired) electrons. The van der Waals surface area contributed by atoms with Gasteiger partial charge < -0.3 is 25.7 Å². The fraction of sp³-hybridized carbons (Fsp3) is 0.524. The number of hydrogen-bond acceptors (Lipinski definition) is 6. The topological polar surface area (TPSA) is 136 Å². The van der Waals surface area contributed by atoms with Crippen molar-refractivity contribution in [2.45, 2.75) is 61.0 Å². The lowest BCUT2D eigenvalue weighted by atomic mass is 9.91. The molecule has 1 aromatic rings. The summed E-state index contributed by atoms with van der Waals surface area (Å²) in [5.41, 5.74) is 1.10. The number of allylic oxidation sites excluding steroid dienone is 1. The third-order valence-corrected chi connectivity index (χ3v) is 8.55. The zero-order valence-electron chi connectivity index (χ0n) is 19.2. The van der Waals surface area contributed by atoms with E-state index >= 15 is 0 Å². The highest BCUT2D eigenvalue weighted by molar-refractivity contribution is 7.92. The molecule has 9 nitrogen and oxygen atoms in total. The third-order valence-electron chi connectivity index (χ3n) is 5.87. The summed E-state index contributed by atoms with van der Waals surface area (Å²) in [6.45, 7) is 1.95. The van der Waals surface area contributed by atoms with E-state index in [1.165, 1.54) is 12.1 Å². The van der Waals surface area contributed by atoms with Crippen molar-refractivity contribution in [3.8, 4) is 5.75 Å². The number of amides is 2. The standard InChI is InChI=1S/C19H26ClN3O4S.C2HF3O2/c1-11-5-4-6-15(11)21-19(25)22-16-8-7-14(20)18(17(16)24)28(26,27)13-9-12(10-13)23(2)3;3-2(4,5)1(6)7/h5,7-8,12-13,15,24H,4,6,9-10H2,1-3H3,(H2,21,22,25);(H,6,7)/t12?,13?,15-;/m1./s1. The molecule has 2 aliphatic carbocycles. The second-order valence-electron chi connectivity index (χ2n) is 8.51. The smallest absolute Gasteiger partial charge is 0.490 e. The molecule has 0 bridgehead atoms. The van der Waals surface area contributed by atoms with E-state index in [0.717, 1.165) is 18.4 Å². The SMILES string of the molecule is CC1=CCC[C@H]1NC(=O)Nc1ccc(Cl)c(S(=O)(=O)C2CC(N(C)C)C2)c1O.O=C(O)C(F)(F)F. The lowest BCUT2D eigenvalue weighted by Crippen LogP contribution is -2.47. The van der Waals surface area contributed by atoms with E-state index in [2.05, 4.69) is 16.7 Å². The predicted molar refractivity (Wildman–Crippen MR) is 123 cm³/mol. The molecule has 0 saturated heterocycles. The number of carboxylic acids is 1. The fourth-order valence-electron chi connectivity index (χ4n) is 3.65. The zero-order chi connectivity index (χ0) is 26.7. The number of phenols is 1. The molecule has 1 saturated carbocycles. The number of aliphatic carboxylic acids is 1. The van der Waals surface area contributed by atoms with Gasteiger partial charge in [-0.2, -0.15) is 13.2 Å². The van der Waals surface area contributed by atoms with Crippen molar-refractivity contribution in [3.05, 3.63) is 28.8 Å². The number of hydrogen-bond donors (Lipinski definition) is 4. The summed E-state index contributed by atoms with van der Waals surface area (Å²) in [6.07, 6.45) is -0.330. The van der Waals surface area contributed by atoms with Crippen LogP contribution in [-0.4, -0.2) is 73.1 Å². The molecule has 2 amide bonds. The average molecular weight is 542 g/mol. The summed E-state index contributed by atoms with van der Waals surface area (Å²) in [4.78, 5) is 22.8. The normalized spacial score (nSPS) is 21.9. The van der Waals surface area contributed by atoms with E-state index in [0.29, 0.717) is 12.8 Å². The van der Waals surface area contributed by atoms with E-state index in [9.17, 15) is 31.5 Å². The van der Waals surface area contributed by atoms with Crippen molar-refractivity contribution in [3.63, 3.8) is 0 Å². The van der Waals surface area contributed by atoms with Gasteiger partial charge in [-0.3, -0.25) is 0 Å². The van der Waals surface area contributed by atoms with Gasteiger partial charge in [0.05, 0.1) is 22.0 Å². The molecule has 0 spiro atoms. The molecule has 1 fully saturated rings. The first-order valence-electron chi connectivity index (χ1n) is 10.5. The minimum Gasteiger partial charge on any atom is -0.504 e. The summed E-state index contributed by atoms with van der Waals surface area (Å²) < 4.78 is 57.7. The van der Waals surface area contributed by atoms with Gasteiger partial charge in [-0.25, -0.2) is 18.0 Å². The van der Waals surface area contributed by atoms with E-state index in [1.54, 1.807) is 0 Å². The van der Waals surface area contributed by atoms with Crippen LogP contribution in [0.25, 0.3) is 0 Å². The Morgan fingerprint density at radius 2 is 1.77 bits per heavy atom. The number of halogens is 4. The molecule has 4 N–H and O–H groups in total. The summed E-state index contributed by atoms with van der Waals surface area (Å²) in [6, 6.07) is 2.41. The van der Waals surface area contributed by atoms with Crippen LogP contribution in [0, 0.1) is 0 Å². The number of rotatable bonds is 5. The molecule has 0 unspecified atom stereocenters. The number of alkyl halides is 3. The van der Waals surface area contributed by atoms with Gasteiger partial charge in [0.1, 0.15) is 4.90 Å². The summed E-state index contributed by atoms with van der Waals surface area (Å²) in [7, 11) is 0.00134. The van der Waals surface area contributed by atoms with Crippen LogP contribution in [0.4, 0.5) is 23.7 Å². The highest BCUT2D eigenvalue weighted by atomic mass is 35.5. The van der Waals surface area contributed by atoms with Gasteiger partial charge >= 0.3 is 18.2 Å². The van der Waals surface area contributed by atoms with Gasteiger partial charge in [-0.1, -0.05) is 23.3 Å². The van der Waals surface area contributed by atoms with E-state index < -0.39 is 39.0 Å². The maximum atomic E-state index is 13.0. The maximum absolute atomic E-state index is 13.0. The number of nitrogens with one attached hydrogen (secondary N) is 2. The van der Waals surface area contributed by atoms with Crippen molar-refractivity contribution < 1.29 is 41.4 Å². The Kier molecular flexibility index (Phi) is 9.06. The minimum atomic E-state index is -5.08. The number of nitrogens with zero attached hydrogens (tertiary/aromatic N) is 1. The van der Waals surface area contributed by atoms with Gasteiger partial charge in [0, 0.05) is 6.04 Å². The Morgan fingerprint density at radius 3 is 2.23 bits per heavy atom. The molecule has 196 valence electrons. The quantitative estimate of drug-likeness (QED) is 0.329. The van der Waals surface area contributed by atoms with Gasteiger partial charge in [0.15, 0.2) is 15.6 Å². The minimum absolute atomic E-state index is 0.0172. The number of carbonyl (C=O) groups is 2. The average Bonchev–Trinajstić information content (AvgIpc) is 3.06. The number of aromatic hydroxyl groups is 1. The largest absolute Gasteiger partial charge is 0.504 e. The van der Waals surface area contributed by atoms with Gasteiger partial charge in [-0.05, 0) is 58.8 Å². The number of urea groups is 1. The van der Waals surface area contributed by atoms with Crippen LogP contribution in [0.5, 0.6) is 5.75 Å². The highest BCUT2D eigenvalue weighted by Crippen LogP contribution is 2.43. The molecule has 0 heterocycles. The van der Waals surface area contributed by atoms with E-state index in [-0.39, 0.29) is 27.7 Å². The molecule has 2 aliphatic rings. The summed E-state index contributed by atoms with van der Waals surface area (Å²) >= 11 is 6.12. The number of benzene rings is 1. The van der Waals surface area contributed by atoms with Crippen LogP contribution in [0.15, 0.2) is 28.7 Å². The Morgan fingerprint density at radius 1 is 1.20 bits per heavy atom. The number of anilines is 1. The van der Waals surface area contributed by atoms with Crippen molar-refractivity contribution >= 4 is 39.1 Å². The van der Waals surface area contributed by atoms with Gasteiger partial charge in [-0.15, -0.1) is 0 Å². The Balaban J connectivity index is 0.000000540. The first-order chi connectivity index (χ1) is 16.1. The van der Waals surface area contributed by atoms with Crippen LogP contribution >= 0.6 is 11.6 Å². The predicted octanol–water partition coefficient (Wildman–Crippen LogP) is 3.78. The number of carbonyl (C=O) groups excluding carboxylic acids is 1. The van der Waals surface area contributed by atoms with Crippen LogP contribution in [0.3, 0.4) is 0 Å². The summed E-state index contributed by atoms with van der Waals surface area (Å²) in [5, 5.41) is 22.4. The number of phenolic OH excluding ortho intramolecular Hbond substituents is 1. The van der Waals surface area contributed by atoms with Crippen LogP contribution < -0.4 is 10.6 Å². The Labute approximate surface area is 205 Å². The lowest BCUT2D eigenvalue weighted by molar-refractivity contribution is -0.192. The second-order valence-corrected chi connectivity index (χ2v) is 11.1. The first kappa shape index (κ1) is 28.7. The van der Waals surface area contributed by atoms with Crippen LogP contribution in [-0.2, 0) is 14.6 Å². The Bertz CT molecular complexity index is 1100. The molecular formula is C21H27ClF3N3O6S. The second kappa shape index (κ2) is 11.0. The van der Waals surface area contributed by atoms with Gasteiger partial charge in [0.25, 0.3) is 0 Å². The highest BCUT2D eigenvalue weighted by Gasteiger charge is 2.43. The summed E-state index contributed by atoms with van der Waals surface area (Å²) in [5.74, 6) is -3.28. The van der Waals surface area contributed by atoms with Crippen molar-refractivity contribution in [1.82, 2.24) is 10.2 Å². The van der Waals surface area contributed by atoms with Crippen molar-refractivity contribution in [2.75, 3.05) is 19.4 Å². The van der Waals surface area contributed by atoms with Crippen molar-refractivity contribution in [2.24, 2.45) is 0 Å². The number of sulfone groups is 1. The maximum Gasteiger partial charge on any atom is 0.490 e. The molecule has 14 heteroatoms. The molecule has 1 atom stereocenters. The van der Waals surface area contributed by atoms with Gasteiger partial charge in [0.2, 0.25) is 0 Å². The zero-order valence-corrected chi connectivity index (χ0v) is 20.8. The lowest BCUT2D eigenvalue weighted by Gasteiger charge is -2.39. The molecule has 3 rings (SSSR count). The molecule has 35 heavy (non-hydrogen) atoms. The molecule has 1 aromatic carbocycles. The monoisotopic (exact) mass is 541 g/mol. The fourth-order valence-corrected chi connectivity index (χ4v) is 6.13. The van der Waals surface area contributed by atoms with Crippen LogP contribution in [0.2, 0.25) is 5.02 Å². The van der Waals surface area contributed by atoms with E-state index in [4.69, 9.17) is 21.5 Å². The van der Waals surface area contributed by atoms with Crippen molar-refractivity contribution in [1.29, 1.82) is 0 Å². The first-order valence-corrected chi connectivity index (χ1v) is 12.4. The molecule has 0 aliphatic heterocycles. The number of carboxylic acid groups (broad SMARTS) is 1. The third kappa shape index (κ3) is 7.01. The Hall–Kier alpha value is -2.51. The molecule has 0 aromatic heterocycles.